The maximum absolute atomic E-state index is 12.0. The molecule has 0 heterocycles. The zero-order chi connectivity index (χ0) is 18.5. The lowest BCUT2D eigenvalue weighted by atomic mass is 10.1. The van der Waals surface area contributed by atoms with E-state index in [2.05, 4.69) is 0 Å². The van der Waals surface area contributed by atoms with Crippen molar-refractivity contribution >= 4 is 17.9 Å². The van der Waals surface area contributed by atoms with Gasteiger partial charge in [-0.05, 0) is 18.8 Å². The minimum atomic E-state index is -0.513. The van der Waals surface area contributed by atoms with Gasteiger partial charge in [0.1, 0.15) is 12.2 Å². The third-order valence-electron chi connectivity index (χ3n) is 3.81. The van der Waals surface area contributed by atoms with Gasteiger partial charge in [0.15, 0.2) is 0 Å². The minimum Gasteiger partial charge on any atom is -0.465 e. The molecule has 0 bridgehead atoms. The van der Waals surface area contributed by atoms with Gasteiger partial charge in [-0.2, -0.15) is 0 Å². The van der Waals surface area contributed by atoms with Crippen molar-refractivity contribution in [2.24, 2.45) is 5.92 Å². The molecule has 6 heteroatoms. The Hall–Kier alpha value is -1.59. The van der Waals surface area contributed by atoms with Gasteiger partial charge in [-0.15, -0.1) is 0 Å². The number of hydrogen-bond donors (Lipinski definition) is 0. The molecule has 0 saturated carbocycles. The van der Waals surface area contributed by atoms with Gasteiger partial charge in [0.2, 0.25) is 0 Å². The smallest absolute Gasteiger partial charge is 0.309 e. The summed E-state index contributed by atoms with van der Waals surface area (Å²) in [5, 5.41) is 0. The van der Waals surface area contributed by atoms with Crippen LogP contribution in [0.3, 0.4) is 0 Å². The molecule has 3 atom stereocenters. The fourth-order valence-electron chi connectivity index (χ4n) is 1.83. The van der Waals surface area contributed by atoms with Gasteiger partial charge in [0, 0.05) is 6.42 Å². The first-order valence-corrected chi connectivity index (χ1v) is 8.90. The topological polar surface area (TPSA) is 78.9 Å². The molecule has 0 aliphatic heterocycles. The molecule has 0 spiro atoms. The van der Waals surface area contributed by atoms with Crippen LogP contribution in [0.25, 0.3) is 0 Å². The SMILES string of the molecule is CCC(=O)OC(CC)CC(=O)OC(CC)CC(=O)OCC(C)CC. The van der Waals surface area contributed by atoms with Crippen LogP contribution in [-0.2, 0) is 28.6 Å². The molecule has 0 saturated heterocycles. The second kappa shape index (κ2) is 12.8. The van der Waals surface area contributed by atoms with Crippen LogP contribution in [0.5, 0.6) is 0 Å². The highest BCUT2D eigenvalue weighted by atomic mass is 16.6. The Morgan fingerprint density at radius 2 is 1.25 bits per heavy atom. The summed E-state index contributed by atoms with van der Waals surface area (Å²) in [6.45, 7) is 9.80. The van der Waals surface area contributed by atoms with Crippen LogP contribution in [0, 0.1) is 5.92 Å². The van der Waals surface area contributed by atoms with E-state index in [4.69, 9.17) is 14.2 Å². The molecule has 0 aliphatic carbocycles. The van der Waals surface area contributed by atoms with Gasteiger partial charge in [0.05, 0.1) is 19.4 Å². The van der Waals surface area contributed by atoms with Gasteiger partial charge in [-0.1, -0.05) is 41.0 Å². The average Bonchev–Trinajstić information content (AvgIpc) is 2.57. The third kappa shape index (κ3) is 10.2. The quantitative estimate of drug-likeness (QED) is 0.399. The number of ether oxygens (including phenoxy) is 3. The van der Waals surface area contributed by atoms with Gasteiger partial charge in [0.25, 0.3) is 0 Å². The molecule has 0 aromatic rings. The Balaban J connectivity index is 4.31. The Morgan fingerprint density at radius 3 is 1.71 bits per heavy atom. The van der Waals surface area contributed by atoms with E-state index in [1.54, 1.807) is 6.92 Å². The molecule has 3 unspecified atom stereocenters. The zero-order valence-corrected chi connectivity index (χ0v) is 15.6. The number of carbonyl (C=O) groups is 3. The number of rotatable bonds is 12. The molecule has 0 aliphatic rings. The summed E-state index contributed by atoms with van der Waals surface area (Å²) in [6, 6.07) is 0. The van der Waals surface area contributed by atoms with Crippen molar-refractivity contribution in [2.45, 2.75) is 85.4 Å². The summed E-state index contributed by atoms with van der Waals surface area (Å²) in [4.78, 5) is 35.1. The largest absolute Gasteiger partial charge is 0.465 e. The van der Waals surface area contributed by atoms with Crippen molar-refractivity contribution in [1.82, 2.24) is 0 Å². The maximum Gasteiger partial charge on any atom is 0.309 e. The lowest BCUT2D eigenvalue weighted by Crippen LogP contribution is -2.27. The lowest BCUT2D eigenvalue weighted by molar-refractivity contribution is -0.160. The molecule has 24 heavy (non-hydrogen) atoms. The van der Waals surface area contributed by atoms with Crippen molar-refractivity contribution in [3.63, 3.8) is 0 Å². The summed E-state index contributed by atoms with van der Waals surface area (Å²) < 4.78 is 15.7. The molecule has 0 aromatic carbocycles. The van der Waals surface area contributed by atoms with Crippen LogP contribution in [0.15, 0.2) is 0 Å². The van der Waals surface area contributed by atoms with Crippen LogP contribution >= 0.6 is 0 Å². The first kappa shape index (κ1) is 22.4. The van der Waals surface area contributed by atoms with E-state index in [0.29, 0.717) is 25.4 Å². The molecular weight excluding hydrogens is 312 g/mol. The second-order valence-corrected chi connectivity index (χ2v) is 6.00. The summed E-state index contributed by atoms with van der Waals surface area (Å²) >= 11 is 0. The van der Waals surface area contributed by atoms with E-state index < -0.39 is 18.2 Å². The predicted octanol–water partition coefficient (Wildman–Crippen LogP) is 3.41. The van der Waals surface area contributed by atoms with E-state index in [9.17, 15) is 14.4 Å². The Morgan fingerprint density at radius 1 is 0.750 bits per heavy atom. The average molecular weight is 344 g/mol. The highest BCUT2D eigenvalue weighted by Crippen LogP contribution is 2.12. The number of carbonyl (C=O) groups excluding carboxylic acids is 3. The molecule has 0 rings (SSSR count). The van der Waals surface area contributed by atoms with Gasteiger partial charge in [-0.3, -0.25) is 14.4 Å². The van der Waals surface area contributed by atoms with Crippen molar-refractivity contribution in [3.8, 4) is 0 Å². The van der Waals surface area contributed by atoms with Crippen LogP contribution < -0.4 is 0 Å². The fraction of sp³-hybridized carbons (Fsp3) is 0.833. The highest BCUT2D eigenvalue weighted by molar-refractivity contribution is 5.74. The van der Waals surface area contributed by atoms with E-state index in [0.717, 1.165) is 6.42 Å². The van der Waals surface area contributed by atoms with Crippen molar-refractivity contribution in [1.29, 1.82) is 0 Å². The summed E-state index contributed by atoms with van der Waals surface area (Å²) in [6.07, 6.45) is 1.32. The standard InChI is InChI=1S/C18H32O6/c1-6-13(5)12-22-17(20)10-14(7-2)24-18(21)11-15(8-3)23-16(19)9-4/h13-15H,6-12H2,1-5H3. The predicted molar refractivity (Wildman–Crippen MR) is 90.3 cm³/mol. The highest BCUT2D eigenvalue weighted by Gasteiger charge is 2.22. The van der Waals surface area contributed by atoms with Gasteiger partial charge in [-0.25, -0.2) is 0 Å². The second-order valence-electron chi connectivity index (χ2n) is 6.00. The fourth-order valence-corrected chi connectivity index (χ4v) is 1.83. The Kier molecular flexibility index (Phi) is 11.9. The molecule has 0 fully saturated rings. The van der Waals surface area contributed by atoms with E-state index in [1.807, 2.05) is 27.7 Å². The van der Waals surface area contributed by atoms with Crippen LogP contribution in [0.2, 0.25) is 0 Å². The number of hydrogen-bond acceptors (Lipinski definition) is 6. The summed E-state index contributed by atoms with van der Waals surface area (Å²) in [7, 11) is 0. The summed E-state index contributed by atoms with van der Waals surface area (Å²) in [5.41, 5.74) is 0. The van der Waals surface area contributed by atoms with Crippen LogP contribution in [-0.4, -0.2) is 36.7 Å². The molecule has 6 nitrogen and oxygen atoms in total. The van der Waals surface area contributed by atoms with E-state index >= 15 is 0 Å². The molecule has 140 valence electrons. The van der Waals surface area contributed by atoms with Gasteiger partial charge < -0.3 is 14.2 Å². The van der Waals surface area contributed by atoms with Crippen molar-refractivity contribution in [3.05, 3.63) is 0 Å². The Labute approximate surface area is 145 Å². The van der Waals surface area contributed by atoms with Gasteiger partial charge >= 0.3 is 17.9 Å². The lowest BCUT2D eigenvalue weighted by Gasteiger charge is -2.19. The first-order chi connectivity index (χ1) is 11.4. The zero-order valence-electron chi connectivity index (χ0n) is 15.6. The molecular formula is C18H32O6. The summed E-state index contributed by atoms with van der Waals surface area (Å²) in [5.74, 6) is -0.850. The van der Waals surface area contributed by atoms with Crippen LogP contribution in [0.1, 0.15) is 73.1 Å². The molecule has 0 N–H and O–H groups in total. The maximum atomic E-state index is 12.0. The minimum absolute atomic E-state index is 0.000651. The van der Waals surface area contributed by atoms with Crippen molar-refractivity contribution < 1.29 is 28.6 Å². The molecule has 0 radical (unpaired) electrons. The molecule has 0 amide bonds. The van der Waals surface area contributed by atoms with E-state index in [1.165, 1.54) is 0 Å². The first-order valence-electron chi connectivity index (χ1n) is 8.90. The van der Waals surface area contributed by atoms with Crippen LogP contribution in [0.4, 0.5) is 0 Å². The monoisotopic (exact) mass is 344 g/mol. The molecule has 0 aromatic heterocycles. The number of esters is 3. The normalized spacial score (nSPS) is 14.4. The van der Waals surface area contributed by atoms with E-state index in [-0.39, 0.29) is 31.2 Å². The third-order valence-corrected chi connectivity index (χ3v) is 3.81. The Bertz CT molecular complexity index is 393. The van der Waals surface area contributed by atoms with Crippen molar-refractivity contribution in [2.75, 3.05) is 6.61 Å².